The van der Waals surface area contributed by atoms with Gasteiger partial charge in [0, 0.05) is 19.5 Å². The predicted molar refractivity (Wildman–Crippen MR) is 139 cm³/mol. The average Bonchev–Trinajstić information content (AvgIpc) is 2.94. The zero-order valence-electron chi connectivity index (χ0n) is 21.4. The second kappa shape index (κ2) is 22.2. The summed E-state index contributed by atoms with van der Waals surface area (Å²) in [5, 5.41) is 0. The van der Waals surface area contributed by atoms with Gasteiger partial charge in [-0.15, -0.1) is 23.5 Å². The molecule has 0 saturated heterocycles. The fraction of sp³-hybridized carbons (Fsp3) is 1.00. The van der Waals surface area contributed by atoms with E-state index in [-0.39, 0.29) is 60.3 Å². The van der Waals surface area contributed by atoms with E-state index in [4.69, 9.17) is 23.7 Å². The summed E-state index contributed by atoms with van der Waals surface area (Å²) in [6.45, 7) is -9.29. The van der Waals surface area contributed by atoms with E-state index in [1.807, 2.05) is 0 Å². The van der Waals surface area contributed by atoms with Crippen LogP contribution in [-0.4, -0.2) is 105 Å². The third-order valence-electron chi connectivity index (χ3n) is 4.84. The largest absolute Gasteiger partial charge is 0.348 e. The van der Waals surface area contributed by atoms with Crippen LogP contribution in [0.1, 0.15) is 25.7 Å². The van der Waals surface area contributed by atoms with Gasteiger partial charge in [0.15, 0.2) is 6.86 Å². The van der Waals surface area contributed by atoms with Crippen molar-refractivity contribution in [2.75, 3.05) is 84.7 Å². The molecule has 0 N–H and O–H groups in total. The van der Waals surface area contributed by atoms with Crippen molar-refractivity contribution in [3.8, 4) is 0 Å². The SMILES string of the molecule is COC(OCF)(C(F)(SCCF)SCCCF)C(OCCF)(OCCCF)C(OCCCCF)(SF)SCF. The molecule has 0 fully saturated rings. The zero-order valence-corrected chi connectivity index (χ0v) is 24.7. The molecule has 0 aromatic rings. The molecule has 0 aromatic carbocycles. The summed E-state index contributed by atoms with van der Waals surface area (Å²) >= 11 is -0.460. The van der Waals surface area contributed by atoms with Crippen molar-refractivity contribution in [2.24, 2.45) is 0 Å². The summed E-state index contributed by atoms with van der Waals surface area (Å²) in [6, 6.07) is -1.46. The highest BCUT2D eigenvalue weighted by Crippen LogP contribution is 2.63. The molecule has 4 atom stereocenters. The Kier molecular flexibility index (Phi) is 22.5. The molecule has 0 amide bonds. The van der Waals surface area contributed by atoms with E-state index in [1.54, 1.807) is 0 Å². The van der Waals surface area contributed by atoms with Crippen molar-refractivity contribution in [2.45, 2.75) is 45.9 Å². The van der Waals surface area contributed by atoms with Gasteiger partial charge in [0.2, 0.25) is 0 Å². The first-order valence-corrected chi connectivity index (χ1v) is 15.4. The minimum absolute atomic E-state index is 0.0289. The van der Waals surface area contributed by atoms with E-state index < -0.39 is 111 Å². The van der Waals surface area contributed by atoms with Gasteiger partial charge in [-0.25, -0.2) is 17.6 Å². The van der Waals surface area contributed by atoms with E-state index >= 15 is 8.28 Å². The molecule has 0 aliphatic rings. The standard InChI is InChI=1S/C21H35F9O5S4/c1-31-18(35-16-27,20(29,37-15-10-26)36-14-5-8-24)19(33-13-9-25,32-12-4-7-23)21(39-30,38-17-28)34-11-3-2-6-22/h2-17H2,1H3. The molecule has 39 heavy (non-hydrogen) atoms. The highest BCUT2D eigenvalue weighted by molar-refractivity contribution is 8.18. The number of unbranched alkanes of at least 4 members (excludes halogenated alkanes) is 1. The summed E-state index contributed by atoms with van der Waals surface area (Å²) < 4.78 is 147. The van der Waals surface area contributed by atoms with Gasteiger partial charge in [-0.05, 0) is 31.4 Å². The van der Waals surface area contributed by atoms with Crippen LogP contribution in [0.4, 0.5) is 39.0 Å². The minimum Gasteiger partial charge on any atom is -0.348 e. The lowest BCUT2D eigenvalue weighted by Gasteiger charge is -2.56. The van der Waals surface area contributed by atoms with E-state index in [1.165, 1.54) is 0 Å². The van der Waals surface area contributed by atoms with Crippen LogP contribution in [0.3, 0.4) is 0 Å². The van der Waals surface area contributed by atoms with Gasteiger partial charge in [-0.3, -0.25) is 17.6 Å². The number of halogens is 9. The Morgan fingerprint density at radius 2 is 1.21 bits per heavy atom. The van der Waals surface area contributed by atoms with Crippen LogP contribution in [-0.2, 0) is 23.7 Å². The van der Waals surface area contributed by atoms with Crippen molar-refractivity contribution in [1.82, 2.24) is 0 Å². The minimum atomic E-state index is -3.34. The van der Waals surface area contributed by atoms with Gasteiger partial charge in [-0.1, -0.05) is 11.8 Å². The first-order valence-electron chi connectivity index (χ1n) is 11.7. The zero-order chi connectivity index (χ0) is 29.7. The van der Waals surface area contributed by atoms with E-state index in [2.05, 4.69) is 0 Å². The van der Waals surface area contributed by atoms with Crippen molar-refractivity contribution in [1.29, 1.82) is 0 Å². The molecule has 0 spiro atoms. The van der Waals surface area contributed by atoms with Gasteiger partial charge in [0.25, 0.3) is 20.2 Å². The maximum absolute atomic E-state index is 17.1. The molecule has 0 aliphatic carbocycles. The summed E-state index contributed by atoms with van der Waals surface area (Å²) in [4.78, 5) is 0. The molecule has 0 aromatic heterocycles. The van der Waals surface area contributed by atoms with E-state index in [0.717, 1.165) is 7.11 Å². The second-order valence-electron chi connectivity index (χ2n) is 7.22. The molecule has 0 rings (SSSR count). The fourth-order valence-corrected chi connectivity index (χ4v) is 7.46. The van der Waals surface area contributed by atoms with Crippen molar-refractivity contribution < 1.29 is 62.7 Å². The van der Waals surface area contributed by atoms with Crippen molar-refractivity contribution in [3.63, 3.8) is 0 Å². The van der Waals surface area contributed by atoms with Gasteiger partial charge < -0.3 is 23.7 Å². The molecular formula is C21H35F9O5S4. The molecule has 0 heterocycles. The van der Waals surface area contributed by atoms with Crippen molar-refractivity contribution in [3.05, 3.63) is 0 Å². The Bertz CT molecular complexity index is 616. The van der Waals surface area contributed by atoms with Gasteiger partial charge in [-0.2, -0.15) is 3.89 Å². The highest BCUT2D eigenvalue weighted by Gasteiger charge is 2.79. The molecule has 0 aliphatic heterocycles. The van der Waals surface area contributed by atoms with Crippen LogP contribution < -0.4 is 0 Å². The lowest BCUT2D eigenvalue weighted by Crippen LogP contribution is -2.76. The predicted octanol–water partition coefficient (Wildman–Crippen LogP) is 7.45. The summed E-state index contributed by atoms with van der Waals surface area (Å²) in [5.41, 5.74) is 0. The molecule has 0 radical (unpaired) electrons. The Balaban J connectivity index is 7.55. The lowest BCUT2D eigenvalue weighted by molar-refractivity contribution is -0.440. The maximum atomic E-state index is 17.1. The summed E-state index contributed by atoms with van der Waals surface area (Å²) in [7, 11) is 0.763. The smallest absolute Gasteiger partial charge is 0.286 e. The third-order valence-corrected chi connectivity index (χ3v) is 9.68. The Hall–Kier alpha value is 0.570. The van der Waals surface area contributed by atoms with Crippen LogP contribution in [0.25, 0.3) is 0 Å². The normalized spacial score (nSPS) is 18.3. The van der Waals surface area contributed by atoms with Crippen LogP contribution in [0, 0.1) is 0 Å². The summed E-state index contributed by atoms with van der Waals surface area (Å²) in [6.07, 6.45) is -0.826. The quantitative estimate of drug-likeness (QED) is 0.0482. The van der Waals surface area contributed by atoms with Crippen LogP contribution >= 0.6 is 47.4 Å². The third kappa shape index (κ3) is 10.4. The number of methoxy groups -OCH3 is 1. The van der Waals surface area contributed by atoms with Gasteiger partial charge in [0.1, 0.15) is 12.7 Å². The van der Waals surface area contributed by atoms with E-state index in [9.17, 15) is 30.7 Å². The second-order valence-corrected chi connectivity index (χ2v) is 12.1. The maximum Gasteiger partial charge on any atom is 0.286 e. The number of rotatable bonds is 28. The van der Waals surface area contributed by atoms with Crippen LogP contribution in [0.2, 0.25) is 0 Å². The molecule has 4 unspecified atom stereocenters. The number of hydrogen-bond acceptors (Lipinski definition) is 9. The average molecular weight is 667 g/mol. The van der Waals surface area contributed by atoms with Crippen LogP contribution in [0.5, 0.6) is 0 Å². The monoisotopic (exact) mass is 666 g/mol. The van der Waals surface area contributed by atoms with Gasteiger partial charge in [0.05, 0.1) is 52.1 Å². The fourth-order valence-electron chi connectivity index (χ4n) is 3.29. The molecule has 0 bridgehead atoms. The van der Waals surface area contributed by atoms with E-state index in [0.29, 0.717) is 0 Å². The Morgan fingerprint density at radius 3 is 1.72 bits per heavy atom. The Labute approximate surface area is 240 Å². The number of thioether (sulfide) groups is 3. The lowest BCUT2D eigenvalue weighted by atomic mass is 10.1. The first-order chi connectivity index (χ1) is 18.8. The number of alkyl halides is 8. The Morgan fingerprint density at radius 1 is 0.590 bits per heavy atom. The first kappa shape index (κ1) is 39.6. The number of ether oxygens (including phenoxy) is 5. The molecule has 236 valence electrons. The highest BCUT2D eigenvalue weighted by atomic mass is 32.2. The molecular weight excluding hydrogens is 631 g/mol. The van der Waals surface area contributed by atoms with Gasteiger partial charge >= 0.3 is 0 Å². The number of hydrogen-bond donors (Lipinski definition) is 0. The topological polar surface area (TPSA) is 46.2 Å². The molecule has 5 nitrogen and oxygen atoms in total. The van der Waals surface area contributed by atoms with Crippen molar-refractivity contribution >= 4 is 47.4 Å². The molecule has 18 heteroatoms. The summed E-state index contributed by atoms with van der Waals surface area (Å²) in [5.74, 6) is -7.57. The molecule has 0 saturated carbocycles. The van der Waals surface area contributed by atoms with Crippen LogP contribution in [0.15, 0.2) is 0 Å².